The van der Waals surface area contributed by atoms with E-state index >= 15 is 0 Å². The van der Waals surface area contributed by atoms with Crippen LogP contribution in [0.2, 0.25) is 0 Å². The molecule has 2 rings (SSSR count). The number of amides is 2. The van der Waals surface area contributed by atoms with Crippen LogP contribution in [-0.2, 0) is 20.6 Å². The van der Waals surface area contributed by atoms with Gasteiger partial charge >= 0.3 is 0 Å². The van der Waals surface area contributed by atoms with E-state index in [1.807, 2.05) is 17.7 Å². The highest BCUT2D eigenvalue weighted by atomic mass is 32.2. The molecule has 0 aliphatic heterocycles. The van der Waals surface area contributed by atoms with Crippen molar-refractivity contribution < 1.29 is 18.0 Å². The molecule has 130 valence electrons. The summed E-state index contributed by atoms with van der Waals surface area (Å²) in [5, 5.41) is 11.3. The molecule has 0 atom stereocenters. The average Bonchev–Trinajstić information content (AvgIpc) is 2.99. The maximum absolute atomic E-state index is 12.0. The second-order valence-electron chi connectivity index (χ2n) is 5.15. The summed E-state index contributed by atoms with van der Waals surface area (Å²) in [6, 6.07) is 11.5. The smallest absolute Gasteiger partial charge is 0.261 e. The summed E-state index contributed by atoms with van der Waals surface area (Å²) in [7, 11) is -3.97. The van der Waals surface area contributed by atoms with E-state index in [1.165, 1.54) is 23.5 Å². The van der Waals surface area contributed by atoms with Crippen LogP contribution in [0.3, 0.4) is 0 Å². The Morgan fingerprint density at radius 2 is 1.92 bits per heavy atom. The second-order valence-corrected chi connectivity index (χ2v) is 8.16. The van der Waals surface area contributed by atoms with E-state index < -0.39 is 34.1 Å². The molecule has 2 N–H and O–H groups in total. The fourth-order valence-electron chi connectivity index (χ4n) is 2.01. The van der Waals surface area contributed by atoms with Crippen molar-refractivity contribution in [1.82, 2.24) is 10.0 Å². The first-order valence-corrected chi connectivity index (χ1v) is 9.63. The van der Waals surface area contributed by atoms with Gasteiger partial charge in [0, 0.05) is 4.88 Å². The van der Waals surface area contributed by atoms with Gasteiger partial charge in [0.25, 0.3) is 11.8 Å². The van der Waals surface area contributed by atoms with Crippen LogP contribution in [0.5, 0.6) is 0 Å². The van der Waals surface area contributed by atoms with Crippen molar-refractivity contribution in [3.05, 3.63) is 57.3 Å². The number of rotatable bonds is 6. The molecule has 0 spiro atoms. The van der Waals surface area contributed by atoms with E-state index in [0.29, 0.717) is 10.4 Å². The van der Waals surface area contributed by atoms with Crippen molar-refractivity contribution in [2.75, 3.05) is 6.54 Å². The van der Waals surface area contributed by atoms with Gasteiger partial charge in [-0.2, -0.15) is 5.26 Å². The molecule has 1 aromatic carbocycles. The van der Waals surface area contributed by atoms with Crippen LogP contribution in [0.25, 0.3) is 0 Å². The van der Waals surface area contributed by atoms with Crippen LogP contribution >= 0.6 is 11.3 Å². The number of thiophene rings is 1. The third kappa shape index (κ3) is 5.41. The number of benzene rings is 1. The van der Waals surface area contributed by atoms with E-state index in [2.05, 4.69) is 5.32 Å². The van der Waals surface area contributed by atoms with Gasteiger partial charge in [0.2, 0.25) is 10.0 Å². The van der Waals surface area contributed by atoms with Gasteiger partial charge in [0.15, 0.2) is 0 Å². The summed E-state index contributed by atoms with van der Waals surface area (Å²) in [6.07, 6.45) is 0. The standard InChI is InChI=1S/C16H15N3O4S2/c1-11-6-7-14(24-11)16(21)18-9-15(20)19-25(22,23)10-13-5-3-2-4-12(13)8-17/h2-7H,9-10H2,1H3,(H,18,21)(H,19,20). The highest BCUT2D eigenvalue weighted by Crippen LogP contribution is 2.14. The van der Waals surface area contributed by atoms with Crippen LogP contribution in [0, 0.1) is 18.3 Å². The second kappa shape index (κ2) is 7.92. The van der Waals surface area contributed by atoms with Gasteiger partial charge in [-0.3, -0.25) is 14.3 Å². The van der Waals surface area contributed by atoms with E-state index in [-0.39, 0.29) is 5.56 Å². The van der Waals surface area contributed by atoms with Gasteiger partial charge in [-0.1, -0.05) is 18.2 Å². The largest absolute Gasteiger partial charge is 0.342 e. The van der Waals surface area contributed by atoms with Gasteiger partial charge in [0.05, 0.1) is 28.8 Å². The Balaban J connectivity index is 1.93. The Hall–Kier alpha value is -2.70. The zero-order valence-corrected chi connectivity index (χ0v) is 14.9. The molecule has 0 radical (unpaired) electrons. The van der Waals surface area contributed by atoms with Crippen LogP contribution in [0.1, 0.15) is 25.7 Å². The third-order valence-electron chi connectivity index (χ3n) is 3.13. The molecule has 1 aromatic heterocycles. The quantitative estimate of drug-likeness (QED) is 0.787. The van der Waals surface area contributed by atoms with Crippen molar-refractivity contribution in [2.24, 2.45) is 0 Å². The Morgan fingerprint density at radius 3 is 2.56 bits per heavy atom. The SMILES string of the molecule is Cc1ccc(C(=O)NCC(=O)NS(=O)(=O)Cc2ccccc2C#N)s1. The topological polar surface area (TPSA) is 116 Å². The monoisotopic (exact) mass is 377 g/mol. The molecule has 2 aromatic rings. The predicted molar refractivity (Wildman–Crippen MR) is 93.3 cm³/mol. The Morgan fingerprint density at radius 1 is 1.20 bits per heavy atom. The minimum absolute atomic E-state index is 0.224. The molecule has 0 saturated carbocycles. The van der Waals surface area contributed by atoms with Gasteiger partial charge in [0.1, 0.15) is 0 Å². The molecule has 0 unspecified atom stereocenters. The minimum Gasteiger partial charge on any atom is -0.342 e. The van der Waals surface area contributed by atoms with Crippen molar-refractivity contribution in [2.45, 2.75) is 12.7 Å². The third-order valence-corrected chi connectivity index (χ3v) is 5.36. The van der Waals surface area contributed by atoms with Gasteiger partial charge in [-0.25, -0.2) is 8.42 Å². The maximum Gasteiger partial charge on any atom is 0.261 e. The number of nitrogens with one attached hydrogen (secondary N) is 2. The number of carbonyl (C=O) groups excluding carboxylic acids is 2. The molecule has 2 amide bonds. The number of sulfonamides is 1. The fraction of sp³-hybridized carbons (Fsp3) is 0.188. The molecule has 9 heteroatoms. The molecular weight excluding hydrogens is 362 g/mol. The summed E-state index contributed by atoms with van der Waals surface area (Å²) in [5.74, 6) is -1.79. The van der Waals surface area contributed by atoms with Crippen LogP contribution in [0.4, 0.5) is 0 Å². The molecule has 0 saturated heterocycles. The van der Waals surface area contributed by atoms with E-state index in [9.17, 15) is 18.0 Å². The highest BCUT2D eigenvalue weighted by Gasteiger charge is 2.18. The molecule has 7 nitrogen and oxygen atoms in total. The minimum atomic E-state index is -3.97. The number of nitriles is 1. The maximum atomic E-state index is 12.0. The molecular formula is C16H15N3O4S2. The van der Waals surface area contributed by atoms with Gasteiger partial charge in [-0.15, -0.1) is 11.3 Å². The fourth-order valence-corrected chi connectivity index (χ4v) is 3.95. The lowest BCUT2D eigenvalue weighted by Crippen LogP contribution is -2.40. The number of aryl methyl sites for hydroxylation is 1. The lowest BCUT2D eigenvalue weighted by molar-refractivity contribution is -0.118. The Labute approximate surface area is 149 Å². The number of carbonyl (C=O) groups is 2. The molecule has 25 heavy (non-hydrogen) atoms. The summed E-state index contributed by atoms with van der Waals surface area (Å²) in [5.41, 5.74) is 0.519. The molecule has 0 aliphatic rings. The summed E-state index contributed by atoms with van der Waals surface area (Å²) < 4.78 is 26.0. The number of hydrogen-bond acceptors (Lipinski definition) is 6. The van der Waals surface area contributed by atoms with Gasteiger partial charge < -0.3 is 5.32 Å². The molecule has 0 aliphatic carbocycles. The van der Waals surface area contributed by atoms with E-state index in [4.69, 9.17) is 5.26 Å². The van der Waals surface area contributed by atoms with Crippen molar-refractivity contribution >= 4 is 33.2 Å². The Bertz CT molecular complexity index is 942. The van der Waals surface area contributed by atoms with E-state index in [0.717, 1.165) is 4.88 Å². The molecule has 1 heterocycles. The molecule has 0 bridgehead atoms. The zero-order chi connectivity index (χ0) is 18.4. The lowest BCUT2D eigenvalue weighted by atomic mass is 10.1. The highest BCUT2D eigenvalue weighted by molar-refractivity contribution is 7.89. The van der Waals surface area contributed by atoms with Crippen LogP contribution < -0.4 is 10.0 Å². The summed E-state index contributed by atoms with van der Waals surface area (Å²) >= 11 is 1.27. The van der Waals surface area contributed by atoms with Crippen LogP contribution in [-0.4, -0.2) is 26.8 Å². The van der Waals surface area contributed by atoms with Gasteiger partial charge in [-0.05, 0) is 30.7 Å². The normalized spacial score (nSPS) is 10.7. The molecule has 0 fully saturated rings. The number of nitrogens with zero attached hydrogens (tertiary/aromatic N) is 1. The summed E-state index contributed by atoms with van der Waals surface area (Å²) in [4.78, 5) is 25.0. The predicted octanol–water partition coefficient (Wildman–Crippen LogP) is 1.30. The van der Waals surface area contributed by atoms with E-state index in [1.54, 1.807) is 24.3 Å². The van der Waals surface area contributed by atoms with Crippen LogP contribution in [0.15, 0.2) is 36.4 Å². The zero-order valence-electron chi connectivity index (χ0n) is 13.3. The first-order valence-electron chi connectivity index (χ1n) is 7.16. The average molecular weight is 377 g/mol. The first-order chi connectivity index (χ1) is 11.8. The Kier molecular flexibility index (Phi) is 5.90. The lowest BCUT2D eigenvalue weighted by Gasteiger charge is -2.08. The first kappa shape index (κ1) is 18.6. The number of hydrogen-bond donors (Lipinski definition) is 2. The van der Waals surface area contributed by atoms with Crippen molar-refractivity contribution in [1.29, 1.82) is 5.26 Å². The summed E-state index contributed by atoms with van der Waals surface area (Å²) in [6.45, 7) is 1.38. The van der Waals surface area contributed by atoms with Crippen molar-refractivity contribution in [3.8, 4) is 6.07 Å². The van der Waals surface area contributed by atoms with Crippen molar-refractivity contribution in [3.63, 3.8) is 0 Å².